The predicted molar refractivity (Wildman–Crippen MR) is 72.2 cm³/mol. The molecule has 0 bridgehead atoms. The lowest BCUT2D eigenvalue weighted by Crippen LogP contribution is -2.47. The maximum absolute atomic E-state index is 13.8. The van der Waals surface area contributed by atoms with E-state index in [2.05, 4.69) is 6.58 Å². The molecule has 0 aromatic heterocycles. The molecule has 1 aliphatic heterocycles. The van der Waals surface area contributed by atoms with Gasteiger partial charge in [-0.05, 0) is 13.8 Å². The van der Waals surface area contributed by atoms with Crippen molar-refractivity contribution in [3.8, 4) is 0 Å². The molecule has 2 nitrogen and oxygen atoms in total. The van der Waals surface area contributed by atoms with Crippen LogP contribution in [0, 0.1) is 11.8 Å². The molecule has 1 aliphatic rings. The van der Waals surface area contributed by atoms with Gasteiger partial charge in [0.25, 0.3) is 0 Å². The minimum absolute atomic E-state index is 0.0532. The molecule has 1 rings (SSSR count). The first-order valence-corrected chi connectivity index (χ1v) is 6.64. The second kappa shape index (κ2) is 6.40. The smallest absolute Gasteiger partial charge is 0.417 e. The molecular weight excluding hydrogens is 307 g/mol. The van der Waals surface area contributed by atoms with Crippen LogP contribution in [-0.2, 0) is 9.47 Å². The van der Waals surface area contributed by atoms with E-state index in [1.165, 1.54) is 13.0 Å². The average molecular weight is 326 g/mol. The van der Waals surface area contributed by atoms with E-state index in [4.69, 9.17) is 9.47 Å². The monoisotopic (exact) mass is 326 g/mol. The van der Waals surface area contributed by atoms with E-state index in [-0.39, 0.29) is 12.2 Å². The van der Waals surface area contributed by atoms with Crippen molar-refractivity contribution in [2.75, 3.05) is 13.7 Å². The quantitative estimate of drug-likeness (QED) is 0.418. The van der Waals surface area contributed by atoms with Crippen molar-refractivity contribution >= 4 is 0 Å². The highest BCUT2D eigenvalue weighted by molar-refractivity contribution is 5.36. The van der Waals surface area contributed by atoms with Crippen LogP contribution in [0.15, 0.2) is 35.6 Å². The fourth-order valence-corrected chi connectivity index (χ4v) is 2.52. The van der Waals surface area contributed by atoms with E-state index in [0.29, 0.717) is 0 Å². The number of alkyl halides is 3. The van der Waals surface area contributed by atoms with Crippen LogP contribution in [0.2, 0.25) is 0 Å². The largest absolute Gasteiger partial charge is 0.493 e. The van der Waals surface area contributed by atoms with Crippen LogP contribution in [0.5, 0.6) is 0 Å². The summed E-state index contributed by atoms with van der Waals surface area (Å²) < 4.78 is 76.2. The third-order valence-electron chi connectivity index (χ3n) is 4.19. The van der Waals surface area contributed by atoms with E-state index in [1.54, 1.807) is 0 Å². The van der Waals surface area contributed by atoms with E-state index in [9.17, 15) is 22.0 Å². The number of methoxy groups -OCH3 is 1. The van der Waals surface area contributed by atoms with Gasteiger partial charge in [-0.25, -0.2) is 8.78 Å². The van der Waals surface area contributed by atoms with Gasteiger partial charge in [0.05, 0.1) is 13.7 Å². The zero-order chi connectivity index (χ0) is 17.3. The first kappa shape index (κ1) is 18.7. The highest BCUT2D eigenvalue weighted by atomic mass is 19.4. The molecule has 1 fully saturated rings. The number of halogens is 5. The Morgan fingerprint density at radius 1 is 1.36 bits per heavy atom. The van der Waals surface area contributed by atoms with Gasteiger partial charge < -0.3 is 9.47 Å². The highest BCUT2D eigenvalue weighted by Gasteiger charge is 2.61. The lowest BCUT2D eigenvalue weighted by Gasteiger charge is -2.32. The Labute approximate surface area is 126 Å². The molecule has 22 heavy (non-hydrogen) atoms. The van der Waals surface area contributed by atoms with Crippen molar-refractivity contribution in [2.45, 2.75) is 32.5 Å². The molecule has 0 N–H and O–H groups in total. The summed E-state index contributed by atoms with van der Waals surface area (Å²) in [4.78, 5) is 0. The van der Waals surface area contributed by atoms with Gasteiger partial charge in [0.15, 0.2) is 17.2 Å². The maximum Gasteiger partial charge on any atom is 0.417 e. The van der Waals surface area contributed by atoms with Gasteiger partial charge in [0, 0.05) is 17.4 Å². The summed E-state index contributed by atoms with van der Waals surface area (Å²) in [6.07, 6.45) is -3.40. The third-order valence-corrected chi connectivity index (χ3v) is 4.19. The van der Waals surface area contributed by atoms with E-state index in [0.717, 1.165) is 21.0 Å². The molecule has 0 aliphatic carbocycles. The van der Waals surface area contributed by atoms with Crippen LogP contribution in [0.1, 0.15) is 20.8 Å². The highest BCUT2D eigenvalue weighted by Crippen LogP contribution is 2.49. The van der Waals surface area contributed by atoms with E-state index in [1.807, 2.05) is 0 Å². The summed E-state index contributed by atoms with van der Waals surface area (Å²) in [5.74, 6) is -4.67. The van der Waals surface area contributed by atoms with Gasteiger partial charge in [-0.1, -0.05) is 19.6 Å². The molecule has 0 spiro atoms. The molecular formula is C15H19F5O2. The van der Waals surface area contributed by atoms with Crippen molar-refractivity contribution in [1.29, 1.82) is 0 Å². The van der Waals surface area contributed by atoms with Gasteiger partial charge in [0.1, 0.15) is 5.83 Å². The van der Waals surface area contributed by atoms with Crippen LogP contribution < -0.4 is 0 Å². The lowest BCUT2D eigenvalue weighted by molar-refractivity contribution is -0.266. The molecule has 2 unspecified atom stereocenters. The van der Waals surface area contributed by atoms with Gasteiger partial charge in [0.2, 0.25) is 0 Å². The SMILES string of the molecule is C=C/C(=C(OC)\C(F)=C(/C)F)C1CO[C@@](C)(C(F)(F)F)C1C. The standard InChI is InChI=1S/C15H19F5O2/c1-6-10(13(21-5)12(17)9(3)16)11-7-22-14(4,8(11)2)15(18,19)20/h6,8,11H,1,7H2,2-5H3/b12-9-,13-10-/t8?,11?,14-/m1/s1. The average Bonchev–Trinajstić information content (AvgIpc) is 2.72. The topological polar surface area (TPSA) is 18.5 Å². The summed E-state index contributed by atoms with van der Waals surface area (Å²) in [5.41, 5.74) is -2.31. The Morgan fingerprint density at radius 2 is 1.91 bits per heavy atom. The molecule has 0 amide bonds. The summed E-state index contributed by atoms with van der Waals surface area (Å²) in [6.45, 7) is 6.37. The molecule has 3 atom stereocenters. The number of rotatable bonds is 4. The van der Waals surface area contributed by atoms with Crippen molar-refractivity contribution in [3.05, 3.63) is 35.6 Å². The molecule has 0 aromatic rings. The molecule has 0 aromatic carbocycles. The Balaban J connectivity index is 3.35. The number of ether oxygens (including phenoxy) is 2. The number of hydrogen-bond acceptors (Lipinski definition) is 2. The van der Waals surface area contributed by atoms with Gasteiger partial charge >= 0.3 is 6.18 Å². The zero-order valence-electron chi connectivity index (χ0n) is 12.9. The van der Waals surface area contributed by atoms with E-state index >= 15 is 0 Å². The van der Waals surface area contributed by atoms with E-state index < -0.39 is 41.0 Å². The number of allylic oxidation sites excluding steroid dienone is 3. The van der Waals surface area contributed by atoms with Crippen LogP contribution in [0.25, 0.3) is 0 Å². The normalized spacial score (nSPS) is 31.5. The molecule has 0 saturated carbocycles. The fourth-order valence-electron chi connectivity index (χ4n) is 2.52. The molecule has 1 heterocycles. The van der Waals surface area contributed by atoms with Gasteiger partial charge in [-0.15, -0.1) is 0 Å². The third kappa shape index (κ3) is 3.04. The summed E-state index contributed by atoms with van der Waals surface area (Å²) in [7, 11) is 1.12. The first-order chi connectivity index (χ1) is 10.0. The maximum atomic E-state index is 13.8. The van der Waals surface area contributed by atoms with Crippen molar-refractivity contribution < 1.29 is 31.4 Å². The Morgan fingerprint density at radius 3 is 2.23 bits per heavy atom. The second-order valence-electron chi connectivity index (χ2n) is 5.35. The minimum atomic E-state index is -4.58. The van der Waals surface area contributed by atoms with Crippen LogP contribution in [-0.4, -0.2) is 25.5 Å². The van der Waals surface area contributed by atoms with Crippen molar-refractivity contribution in [3.63, 3.8) is 0 Å². The minimum Gasteiger partial charge on any atom is -0.493 e. The van der Waals surface area contributed by atoms with Crippen molar-refractivity contribution in [2.24, 2.45) is 11.8 Å². The summed E-state index contributed by atoms with van der Waals surface area (Å²) in [5, 5.41) is 0. The second-order valence-corrected chi connectivity index (χ2v) is 5.35. The molecule has 7 heteroatoms. The van der Waals surface area contributed by atoms with Crippen LogP contribution >= 0.6 is 0 Å². The Bertz CT molecular complexity index is 503. The summed E-state index contributed by atoms with van der Waals surface area (Å²) in [6, 6.07) is 0. The zero-order valence-corrected chi connectivity index (χ0v) is 12.9. The van der Waals surface area contributed by atoms with Gasteiger partial charge in [-0.3, -0.25) is 0 Å². The predicted octanol–water partition coefficient (Wildman–Crippen LogP) is 4.85. The number of hydrogen-bond donors (Lipinski definition) is 0. The van der Waals surface area contributed by atoms with Crippen molar-refractivity contribution in [1.82, 2.24) is 0 Å². The molecule has 126 valence electrons. The first-order valence-electron chi connectivity index (χ1n) is 6.64. The molecule has 1 saturated heterocycles. The summed E-state index contributed by atoms with van der Waals surface area (Å²) >= 11 is 0. The van der Waals surface area contributed by atoms with Crippen LogP contribution in [0.3, 0.4) is 0 Å². The van der Waals surface area contributed by atoms with Gasteiger partial charge in [-0.2, -0.15) is 13.2 Å². The fraction of sp³-hybridized carbons (Fsp3) is 0.600. The Hall–Kier alpha value is -1.37. The Kier molecular flexibility index (Phi) is 5.43. The van der Waals surface area contributed by atoms with Crippen LogP contribution in [0.4, 0.5) is 22.0 Å². The lowest BCUT2D eigenvalue weighted by atomic mass is 9.79. The molecule has 0 radical (unpaired) electrons.